The molecule has 1 aliphatic rings. The maximum absolute atomic E-state index is 14.7. The minimum absolute atomic E-state index is 0.0100. The zero-order valence-electron chi connectivity index (χ0n) is 14.2. The van der Waals surface area contributed by atoms with E-state index in [4.69, 9.17) is 4.74 Å². The normalized spacial score (nSPS) is 17.4. The summed E-state index contributed by atoms with van der Waals surface area (Å²) in [4.78, 5) is 27.6. The van der Waals surface area contributed by atoms with E-state index in [1.807, 2.05) is 0 Å². The lowest BCUT2D eigenvalue weighted by Crippen LogP contribution is -2.48. The van der Waals surface area contributed by atoms with Crippen molar-refractivity contribution in [1.82, 2.24) is 14.8 Å². The highest BCUT2D eigenvalue weighted by atomic mass is 32.2. The van der Waals surface area contributed by atoms with Gasteiger partial charge in [-0.2, -0.15) is 5.10 Å². The Labute approximate surface area is 152 Å². The number of hydrogen-bond acceptors (Lipinski definition) is 6. The summed E-state index contributed by atoms with van der Waals surface area (Å²) in [7, 11) is 0. The van der Waals surface area contributed by atoms with Gasteiger partial charge in [0.1, 0.15) is 24.3 Å². The number of aromatic nitrogens is 3. The maximum Gasteiger partial charge on any atom is 0.303 e. The summed E-state index contributed by atoms with van der Waals surface area (Å²) in [5.41, 5.74) is -1.52. The zero-order valence-corrected chi connectivity index (χ0v) is 15.1. The Morgan fingerprint density at radius 1 is 1.35 bits per heavy atom. The van der Waals surface area contributed by atoms with Gasteiger partial charge in [-0.25, -0.2) is 18.4 Å². The molecule has 0 aliphatic heterocycles. The maximum atomic E-state index is 14.7. The predicted molar refractivity (Wildman–Crippen MR) is 90.1 cm³/mol. The lowest BCUT2D eigenvalue weighted by atomic mass is 9.87. The van der Waals surface area contributed by atoms with Crippen LogP contribution in [0.2, 0.25) is 0 Å². The van der Waals surface area contributed by atoms with Crippen LogP contribution >= 0.6 is 11.8 Å². The van der Waals surface area contributed by atoms with Gasteiger partial charge < -0.3 is 4.74 Å². The van der Waals surface area contributed by atoms with Crippen LogP contribution in [0.15, 0.2) is 30.9 Å². The van der Waals surface area contributed by atoms with Gasteiger partial charge in [-0.15, -0.1) is 0 Å². The third-order valence-electron chi connectivity index (χ3n) is 4.31. The summed E-state index contributed by atoms with van der Waals surface area (Å²) in [6.07, 6.45) is 3.79. The van der Waals surface area contributed by atoms with E-state index in [9.17, 15) is 18.4 Å². The number of benzene rings is 1. The highest BCUT2D eigenvalue weighted by molar-refractivity contribution is 8.15. The molecule has 1 saturated carbocycles. The fraction of sp³-hybridized carbons (Fsp3) is 0.412. The molecule has 0 spiro atoms. The number of thioether (sulfide) groups is 1. The van der Waals surface area contributed by atoms with Gasteiger partial charge in [-0.1, -0.05) is 11.8 Å². The molecule has 0 bridgehead atoms. The van der Waals surface area contributed by atoms with Gasteiger partial charge in [0.2, 0.25) is 0 Å². The summed E-state index contributed by atoms with van der Waals surface area (Å²) >= 11 is 1.01. The van der Waals surface area contributed by atoms with Gasteiger partial charge in [0.25, 0.3) is 0 Å². The summed E-state index contributed by atoms with van der Waals surface area (Å²) < 4.78 is 34.5. The van der Waals surface area contributed by atoms with Gasteiger partial charge in [-0.05, 0) is 25.0 Å². The van der Waals surface area contributed by atoms with Crippen LogP contribution in [0.25, 0.3) is 0 Å². The molecule has 1 heterocycles. The van der Waals surface area contributed by atoms with E-state index in [0.29, 0.717) is 12.8 Å². The molecule has 1 aromatic carbocycles. The molecule has 1 aromatic heterocycles. The molecule has 138 valence electrons. The van der Waals surface area contributed by atoms with Gasteiger partial charge in [-0.3, -0.25) is 9.59 Å². The van der Waals surface area contributed by atoms with Gasteiger partial charge in [0.05, 0.1) is 11.3 Å². The molecule has 0 saturated heterocycles. The number of esters is 1. The van der Waals surface area contributed by atoms with Gasteiger partial charge in [0, 0.05) is 25.5 Å². The number of nitrogens with zero attached hydrogens (tertiary/aromatic N) is 3. The average molecular weight is 381 g/mol. The minimum atomic E-state index is -1.53. The van der Waals surface area contributed by atoms with Crippen LogP contribution < -0.4 is 0 Å². The van der Waals surface area contributed by atoms with E-state index < -0.39 is 28.0 Å². The first kappa shape index (κ1) is 18.5. The van der Waals surface area contributed by atoms with Crippen LogP contribution in [0.5, 0.6) is 0 Å². The Hall–Kier alpha value is -2.29. The van der Waals surface area contributed by atoms with Crippen LogP contribution in [0, 0.1) is 11.6 Å². The monoisotopic (exact) mass is 381 g/mol. The number of ether oxygens (including phenoxy) is 1. The second-order valence-corrected chi connectivity index (χ2v) is 7.79. The zero-order chi connectivity index (χ0) is 18.9. The number of rotatable bonds is 6. The fourth-order valence-corrected chi connectivity index (χ4v) is 4.47. The molecule has 0 unspecified atom stereocenters. The van der Waals surface area contributed by atoms with Crippen molar-refractivity contribution in [3.05, 3.63) is 48.1 Å². The molecule has 1 aliphatic carbocycles. The van der Waals surface area contributed by atoms with E-state index in [1.54, 1.807) is 0 Å². The van der Waals surface area contributed by atoms with Crippen molar-refractivity contribution in [2.24, 2.45) is 0 Å². The first-order chi connectivity index (χ1) is 12.3. The van der Waals surface area contributed by atoms with Crippen LogP contribution in [-0.2, 0) is 26.5 Å². The lowest BCUT2D eigenvalue weighted by molar-refractivity contribution is -0.162. The standard InChI is InChI=1S/C17H17F2N3O3S/c1-11(23)25-17(8-22-10-20-9-21-22,16(5-6-16)26-12(2)24)14-4-3-13(18)7-15(14)19/h3-4,7,9-10H,5-6,8H2,1-2H3/t17-/m1/s1. The summed E-state index contributed by atoms with van der Waals surface area (Å²) in [6.45, 7) is 2.57. The number of carbonyl (C=O) groups is 2. The minimum Gasteiger partial charge on any atom is -0.451 e. The van der Waals surface area contributed by atoms with Crippen molar-refractivity contribution < 1.29 is 23.1 Å². The van der Waals surface area contributed by atoms with Crippen LogP contribution in [0.1, 0.15) is 32.3 Å². The smallest absolute Gasteiger partial charge is 0.303 e. The largest absolute Gasteiger partial charge is 0.451 e. The fourth-order valence-electron chi connectivity index (χ4n) is 3.24. The molecular weight excluding hydrogens is 364 g/mol. The number of hydrogen-bond donors (Lipinski definition) is 0. The Balaban J connectivity index is 2.20. The second-order valence-electron chi connectivity index (χ2n) is 6.23. The molecule has 3 rings (SSSR count). The van der Waals surface area contributed by atoms with Gasteiger partial charge in [0.15, 0.2) is 10.7 Å². The Morgan fingerprint density at radius 3 is 2.58 bits per heavy atom. The summed E-state index contributed by atoms with van der Waals surface area (Å²) in [6, 6.07) is 3.10. The van der Waals surface area contributed by atoms with Crippen molar-refractivity contribution in [3.63, 3.8) is 0 Å². The summed E-state index contributed by atoms with van der Waals surface area (Å²) in [5, 5.41) is 3.84. The highest BCUT2D eigenvalue weighted by Crippen LogP contribution is 2.62. The Morgan fingerprint density at radius 2 is 2.08 bits per heavy atom. The molecule has 0 amide bonds. The molecule has 1 fully saturated rings. The topological polar surface area (TPSA) is 74.1 Å². The quantitative estimate of drug-likeness (QED) is 0.717. The van der Waals surface area contributed by atoms with Crippen LogP contribution in [-0.4, -0.2) is 30.6 Å². The summed E-state index contributed by atoms with van der Waals surface area (Å²) in [5.74, 6) is -2.22. The average Bonchev–Trinajstić information content (AvgIpc) is 3.12. The van der Waals surface area contributed by atoms with E-state index in [-0.39, 0.29) is 17.2 Å². The van der Waals surface area contributed by atoms with E-state index in [0.717, 1.165) is 23.9 Å². The molecule has 9 heteroatoms. The van der Waals surface area contributed by atoms with Crippen LogP contribution in [0.4, 0.5) is 8.78 Å². The first-order valence-corrected chi connectivity index (χ1v) is 8.77. The Kier molecular flexibility index (Phi) is 4.83. The SMILES string of the molecule is CC(=O)O[C@](Cn1cncn1)(c1ccc(F)cc1F)C1(SC(C)=O)CC1. The molecule has 2 aromatic rings. The van der Waals surface area contributed by atoms with Crippen molar-refractivity contribution in [2.45, 2.75) is 43.6 Å². The molecule has 0 radical (unpaired) electrons. The van der Waals surface area contributed by atoms with E-state index in [2.05, 4.69) is 10.1 Å². The van der Waals surface area contributed by atoms with Crippen LogP contribution in [0.3, 0.4) is 0 Å². The lowest BCUT2D eigenvalue weighted by Gasteiger charge is -2.40. The van der Waals surface area contributed by atoms with E-state index >= 15 is 0 Å². The molecule has 6 nitrogen and oxygen atoms in total. The van der Waals surface area contributed by atoms with Crippen molar-refractivity contribution in [3.8, 4) is 0 Å². The predicted octanol–water partition coefficient (Wildman–Crippen LogP) is 2.83. The van der Waals surface area contributed by atoms with Crippen molar-refractivity contribution >= 4 is 22.8 Å². The van der Waals surface area contributed by atoms with Crippen molar-refractivity contribution in [1.29, 1.82) is 0 Å². The molecule has 26 heavy (non-hydrogen) atoms. The second kappa shape index (κ2) is 6.79. The van der Waals surface area contributed by atoms with Crippen molar-refractivity contribution in [2.75, 3.05) is 0 Å². The molecule has 1 atom stereocenters. The molecular formula is C17H17F2N3O3S. The third-order valence-corrected chi connectivity index (χ3v) is 5.73. The Bertz CT molecular complexity index is 840. The highest BCUT2D eigenvalue weighted by Gasteiger charge is 2.65. The number of halogens is 2. The van der Waals surface area contributed by atoms with Gasteiger partial charge >= 0.3 is 5.97 Å². The molecule has 0 N–H and O–H groups in total. The first-order valence-electron chi connectivity index (χ1n) is 7.95. The van der Waals surface area contributed by atoms with E-state index in [1.165, 1.54) is 37.3 Å². The third kappa shape index (κ3) is 3.35. The number of carbonyl (C=O) groups excluding carboxylic acids is 2.